The first-order valence-electron chi connectivity index (χ1n) is 7.24. The summed E-state index contributed by atoms with van der Waals surface area (Å²) in [6, 6.07) is 10.3. The number of anilines is 1. The molecule has 0 saturated heterocycles. The Balaban J connectivity index is 1.91. The quantitative estimate of drug-likeness (QED) is 0.866. The van der Waals surface area contributed by atoms with Gasteiger partial charge < -0.3 is 4.90 Å². The van der Waals surface area contributed by atoms with Crippen molar-refractivity contribution in [2.45, 2.75) is 32.7 Å². The predicted molar refractivity (Wildman–Crippen MR) is 82.1 cm³/mol. The summed E-state index contributed by atoms with van der Waals surface area (Å²) >= 11 is 0. The number of rotatable bonds is 3. The van der Waals surface area contributed by atoms with Crippen molar-refractivity contribution < 1.29 is 0 Å². The number of hydrogen-bond donors (Lipinski definition) is 0. The highest BCUT2D eigenvalue weighted by Gasteiger charge is 2.18. The molecule has 0 atom stereocenters. The Kier molecular flexibility index (Phi) is 3.57. The summed E-state index contributed by atoms with van der Waals surface area (Å²) in [4.78, 5) is 11.2. The van der Waals surface area contributed by atoms with Gasteiger partial charge in [-0.3, -0.25) is 4.98 Å². The van der Waals surface area contributed by atoms with Crippen LogP contribution in [0.3, 0.4) is 0 Å². The maximum Gasteiger partial charge on any atom is 0.146 e. The molecule has 1 aliphatic carbocycles. The van der Waals surface area contributed by atoms with Gasteiger partial charge in [0.05, 0.1) is 17.8 Å². The third kappa shape index (κ3) is 2.73. The summed E-state index contributed by atoms with van der Waals surface area (Å²) in [7, 11) is 1.97. The average molecular weight is 278 g/mol. The molecule has 0 amide bonds. The molecular formula is C17H18N4. The van der Waals surface area contributed by atoms with E-state index in [2.05, 4.69) is 11.1 Å². The molecule has 2 heterocycles. The van der Waals surface area contributed by atoms with Gasteiger partial charge in [-0.15, -0.1) is 0 Å². The third-order valence-corrected chi connectivity index (χ3v) is 3.86. The van der Waals surface area contributed by atoms with Gasteiger partial charge in [-0.1, -0.05) is 6.07 Å². The van der Waals surface area contributed by atoms with Gasteiger partial charge in [-0.25, -0.2) is 4.98 Å². The maximum absolute atomic E-state index is 9.38. The molecule has 2 aromatic rings. The molecule has 4 nitrogen and oxygen atoms in total. The lowest BCUT2D eigenvalue weighted by atomic mass is 10.1. The van der Waals surface area contributed by atoms with Gasteiger partial charge in [-0.2, -0.15) is 5.26 Å². The summed E-state index contributed by atoms with van der Waals surface area (Å²) < 4.78 is 0. The van der Waals surface area contributed by atoms with E-state index in [1.54, 1.807) is 0 Å². The molecule has 0 fully saturated rings. The Morgan fingerprint density at radius 2 is 2.14 bits per heavy atom. The summed E-state index contributed by atoms with van der Waals surface area (Å²) in [5.41, 5.74) is 5.03. The summed E-state index contributed by atoms with van der Waals surface area (Å²) in [6.07, 6.45) is 3.20. The van der Waals surface area contributed by atoms with E-state index in [4.69, 9.17) is 4.98 Å². The SMILES string of the molecule is Cc1cccc(CN(C)c2nc3c(cc2C#N)CCC3)n1. The second-order valence-electron chi connectivity index (χ2n) is 5.56. The number of nitrogens with zero attached hydrogens (tertiary/aromatic N) is 4. The van der Waals surface area contributed by atoms with Crippen LogP contribution >= 0.6 is 0 Å². The first-order chi connectivity index (χ1) is 10.2. The van der Waals surface area contributed by atoms with Crippen LogP contribution in [0.4, 0.5) is 5.82 Å². The molecule has 4 heteroatoms. The number of fused-ring (bicyclic) bond motifs is 1. The molecule has 0 bridgehead atoms. The van der Waals surface area contributed by atoms with E-state index in [-0.39, 0.29) is 0 Å². The first-order valence-corrected chi connectivity index (χ1v) is 7.24. The first kappa shape index (κ1) is 13.6. The molecule has 0 N–H and O–H groups in total. The van der Waals surface area contributed by atoms with Gasteiger partial charge >= 0.3 is 0 Å². The van der Waals surface area contributed by atoms with Gasteiger partial charge in [0.1, 0.15) is 11.9 Å². The lowest BCUT2D eigenvalue weighted by molar-refractivity contribution is 0.846. The van der Waals surface area contributed by atoms with Crippen molar-refractivity contribution in [3.63, 3.8) is 0 Å². The molecular weight excluding hydrogens is 260 g/mol. The molecule has 0 saturated carbocycles. The number of nitriles is 1. The molecule has 2 aromatic heterocycles. The Morgan fingerprint density at radius 1 is 1.29 bits per heavy atom. The highest BCUT2D eigenvalue weighted by molar-refractivity contribution is 5.56. The van der Waals surface area contributed by atoms with Crippen LogP contribution in [0.25, 0.3) is 0 Å². The lowest BCUT2D eigenvalue weighted by Crippen LogP contribution is -2.20. The zero-order valence-corrected chi connectivity index (χ0v) is 12.4. The highest BCUT2D eigenvalue weighted by atomic mass is 15.2. The Labute approximate surface area is 125 Å². The molecule has 21 heavy (non-hydrogen) atoms. The Morgan fingerprint density at radius 3 is 2.90 bits per heavy atom. The Bertz CT molecular complexity index is 715. The molecule has 106 valence electrons. The summed E-state index contributed by atoms with van der Waals surface area (Å²) in [5.74, 6) is 0.765. The minimum atomic E-state index is 0.655. The van der Waals surface area contributed by atoms with E-state index in [9.17, 15) is 5.26 Å². The zero-order valence-electron chi connectivity index (χ0n) is 12.4. The molecule has 0 aromatic carbocycles. The molecule has 1 aliphatic rings. The molecule has 0 unspecified atom stereocenters. The fourth-order valence-corrected chi connectivity index (χ4v) is 2.84. The largest absolute Gasteiger partial charge is 0.353 e. The van der Waals surface area contributed by atoms with Crippen molar-refractivity contribution in [1.82, 2.24) is 9.97 Å². The minimum Gasteiger partial charge on any atom is -0.353 e. The molecule has 0 spiro atoms. The Hall–Kier alpha value is -2.41. The topological polar surface area (TPSA) is 52.8 Å². The van der Waals surface area contributed by atoms with Gasteiger partial charge in [0.15, 0.2) is 0 Å². The van der Waals surface area contributed by atoms with Crippen LogP contribution in [0, 0.1) is 18.3 Å². The van der Waals surface area contributed by atoms with Gasteiger partial charge in [0.2, 0.25) is 0 Å². The van der Waals surface area contributed by atoms with E-state index >= 15 is 0 Å². The van der Waals surface area contributed by atoms with Crippen molar-refractivity contribution in [2.75, 3.05) is 11.9 Å². The van der Waals surface area contributed by atoms with Crippen molar-refractivity contribution in [3.05, 3.63) is 52.5 Å². The van der Waals surface area contributed by atoms with Gasteiger partial charge in [0.25, 0.3) is 0 Å². The number of pyridine rings is 2. The van der Waals surface area contributed by atoms with E-state index in [1.807, 2.05) is 43.1 Å². The minimum absolute atomic E-state index is 0.655. The van der Waals surface area contributed by atoms with Gasteiger partial charge in [0, 0.05) is 18.4 Å². The average Bonchev–Trinajstić information content (AvgIpc) is 2.93. The normalized spacial score (nSPS) is 12.8. The van der Waals surface area contributed by atoms with Crippen molar-refractivity contribution in [1.29, 1.82) is 5.26 Å². The molecule has 0 radical (unpaired) electrons. The second kappa shape index (κ2) is 5.53. The zero-order chi connectivity index (χ0) is 14.8. The van der Waals surface area contributed by atoms with Gasteiger partial charge in [-0.05, 0) is 49.9 Å². The second-order valence-corrected chi connectivity index (χ2v) is 5.56. The van der Waals surface area contributed by atoms with Crippen LogP contribution in [0.5, 0.6) is 0 Å². The summed E-state index contributed by atoms with van der Waals surface area (Å²) in [5, 5.41) is 9.38. The highest BCUT2D eigenvalue weighted by Crippen LogP contribution is 2.27. The monoisotopic (exact) mass is 278 g/mol. The lowest BCUT2D eigenvalue weighted by Gasteiger charge is -2.20. The van der Waals surface area contributed by atoms with Crippen LogP contribution in [-0.4, -0.2) is 17.0 Å². The van der Waals surface area contributed by atoms with Crippen LogP contribution in [0.2, 0.25) is 0 Å². The maximum atomic E-state index is 9.38. The van der Waals surface area contributed by atoms with Crippen LogP contribution < -0.4 is 4.90 Å². The fourth-order valence-electron chi connectivity index (χ4n) is 2.84. The van der Waals surface area contributed by atoms with E-state index in [1.165, 1.54) is 5.56 Å². The van der Waals surface area contributed by atoms with Crippen molar-refractivity contribution in [2.24, 2.45) is 0 Å². The number of aromatic nitrogens is 2. The van der Waals surface area contributed by atoms with Crippen molar-refractivity contribution in [3.8, 4) is 6.07 Å². The predicted octanol–water partition coefficient (Wildman–Crippen LogP) is 2.78. The van der Waals surface area contributed by atoms with E-state index in [0.717, 1.165) is 42.2 Å². The number of hydrogen-bond acceptors (Lipinski definition) is 4. The van der Waals surface area contributed by atoms with E-state index in [0.29, 0.717) is 12.1 Å². The van der Waals surface area contributed by atoms with Crippen LogP contribution in [-0.2, 0) is 19.4 Å². The molecule has 0 aliphatic heterocycles. The smallest absolute Gasteiger partial charge is 0.146 e. The van der Waals surface area contributed by atoms with Crippen molar-refractivity contribution >= 4 is 5.82 Å². The molecule has 3 rings (SSSR count). The van der Waals surface area contributed by atoms with Crippen LogP contribution in [0.15, 0.2) is 24.3 Å². The standard InChI is InChI=1S/C17H18N4/c1-12-5-3-7-15(19-12)11-21(2)17-14(10-18)9-13-6-4-8-16(13)20-17/h3,5,7,9H,4,6,8,11H2,1-2H3. The van der Waals surface area contributed by atoms with E-state index < -0.39 is 0 Å². The third-order valence-electron chi connectivity index (χ3n) is 3.86. The summed E-state index contributed by atoms with van der Waals surface area (Å²) in [6.45, 7) is 2.64. The fraction of sp³-hybridized carbons (Fsp3) is 0.353. The number of aryl methyl sites for hydroxylation is 3. The van der Waals surface area contributed by atoms with Crippen LogP contribution in [0.1, 0.15) is 34.6 Å².